The van der Waals surface area contributed by atoms with Gasteiger partial charge >= 0.3 is 5.97 Å². The van der Waals surface area contributed by atoms with Crippen LogP contribution in [0, 0.1) is 6.92 Å². The first-order valence-corrected chi connectivity index (χ1v) is 11.1. The number of hydrogen-bond acceptors (Lipinski definition) is 4. The van der Waals surface area contributed by atoms with Crippen LogP contribution in [0.3, 0.4) is 0 Å². The molecule has 1 N–H and O–H groups in total. The molecule has 0 saturated heterocycles. The lowest BCUT2D eigenvalue weighted by Gasteiger charge is -2.20. The van der Waals surface area contributed by atoms with Crippen molar-refractivity contribution in [3.8, 4) is 11.1 Å². The third kappa shape index (κ3) is 5.05. The molecular formula is C27H28N2O3. The number of nitrogens with zero attached hydrogens (tertiary/aromatic N) is 1. The molecule has 5 nitrogen and oxygen atoms in total. The molecule has 1 amide bonds. The number of ether oxygens (including phenoxy) is 1. The Morgan fingerprint density at radius 1 is 1.12 bits per heavy atom. The van der Waals surface area contributed by atoms with Crippen molar-refractivity contribution in [2.45, 2.75) is 44.9 Å². The molecule has 1 unspecified atom stereocenters. The Hall–Kier alpha value is -3.47. The maximum atomic E-state index is 12.6. The van der Waals surface area contributed by atoms with Crippen molar-refractivity contribution < 1.29 is 14.3 Å². The summed E-state index contributed by atoms with van der Waals surface area (Å²) in [6.45, 7) is 2.04. The van der Waals surface area contributed by atoms with E-state index in [-0.39, 0.29) is 24.2 Å². The molecule has 32 heavy (non-hydrogen) atoms. The van der Waals surface area contributed by atoms with Crippen molar-refractivity contribution in [2.24, 2.45) is 0 Å². The molecular weight excluding hydrogens is 400 g/mol. The fourth-order valence-corrected chi connectivity index (χ4v) is 4.24. The van der Waals surface area contributed by atoms with Gasteiger partial charge in [-0.2, -0.15) is 0 Å². The molecule has 4 rings (SSSR count). The largest absolute Gasteiger partial charge is 0.469 e. The highest BCUT2D eigenvalue weighted by Crippen LogP contribution is 2.35. The summed E-state index contributed by atoms with van der Waals surface area (Å²) in [7, 11) is 1.38. The van der Waals surface area contributed by atoms with Gasteiger partial charge < -0.3 is 10.1 Å². The number of carbonyl (C=O) groups is 2. The van der Waals surface area contributed by atoms with Gasteiger partial charge in [0, 0.05) is 35.5 Å². The highest BCUT2D eigenvalue weighted by atomic mass is 16.5. The zero-order chi connectivity index (χ0) is 22.5. The van der Waals surface area contributed by atoms with Crippen LogP contribution < -0.4 is 5.32 Å². The highest BCUT2D eigenvalue weighted by Gasteiger charge is 2.19. The standard InChI is InChI=1S/C27H28N2O3/c1-18-10-13-24(28-17-18)22-8-3-4-9-26(30)29-25-14-19(15-27(31)32-2)11-12-23(25)21-7-5-6-20(22)16-21/h5-7,10-14,16-17,22H,3-4,8-9,15H2,1-2H3,(H,29,30). The Balaban J connectivity index is 1.78. The van der Waals surface area contributed by atoms with E-state index in [0.717, 1.165) is 52.9 Å². The minimum absolute atomic E-state index is 0.0109. The lowest BCUT2D eigenvalue weighted by Crippen LogP contribution is -2.14. The quantitative estimate of drug-likeness (QED) is 0.566. The van der Waals surface area contributed by atoms with E-state index >= 15 is 0 Å². The number of carbonyl (C=O) groups excluding carboxylic acids is 2. The number of methoxy groups -OCH3 is 1. The Kier molecular flexibility index (Phi) is 6.64. The van der Waals surface area contributed by atoms with Crippen molar-refractivity contribution in [3.05, 3.63) is 83.2 Å². The van der Waals surface area contributed by atoms with Crippen LogP contribution in [0.1, 0.15) is 54.0 Å². The summed E-state index contributed by atoms with van der Waals surface area (Å²) in [4.78, 5) is 29.1. The lowest BCUT2D eigenvalue weighted by atomic mass is 9.87. The molecule has 1 aliphatic rings. The molecule has 2 bridgehead atoms. The number of amides is 1. The number of benzene rings is 2. The first kappa shape index (κ1) is 21.8. The second kappa shape index (κ2) is 9.77. The number of rotatable bonds is 3. The summed E-state index contributed by atoms with van der Waals surface area (Å²) >= 11 is 0. The van der Waals surface area contributed by atoms with Gasteiger partial charge in [-0.25, -0.2) is 0 Å². The smallest absolute Gasteiger partial charge is 0.309 e. The van der Waals surface area contributed by atoms with Gasteiger partial charge in [0.1, 0.15) is 0 Å². The van der Waals surface area contributed by atoms with Gasteiger partial charge in [0.25, 0.3) is 0 Å². The maximum absolute atomic E-state index is 12.6. The molecule has 0 radical (unpaired) electrons. The molecule has 0 spiro atoms. The Bertz CT molecular complexity index is 1120. The Morgan fingerprint density at radius 2 is 2.00 bits per heavy atom. The molecule has 1 aromatic heterocycles. The number of esters is 1. The van der Waals surface area contributed by atoms with E-state index in [1.54, 1.807) is 0 Å². The molecule has 1 atom stereocenters. The number of aromatic nitrogens is 1. The zero-order valence-electron chi connectivity index (χ0n) is 18.6. The van der Waals surface area contributed by atoms with Crippen molar-refractivity contribution in [1.82, 2.24) is 4.98 Å². The van der Waals surface area contributed by atoms with Gasteiger partial charge in [-0.15, -0.1) is 0 Å². The van der Waals surface area contributed by atoms with Crippen LogP contribution >= 0.6 is 0 Å². The predicted molar refractivity (Wildman–Crippen MR) is 126 cm³/mol. The lowest BCUT2D eigenvalue weighted by molar-refractivity contribution is -0.139. The number of aryl methyl sites for hydroxylation is 1. The summed E-state index contributed by atoms with van der Waals surface area (Å²) in [5.74, 6) is -0.136. The van der Waals surface area contributed by atoms with Crippen LogP contribution in [-0.2, 0) is 20.7 Å². The molecule has 0 aliphatic carbocycles. The third-order valence-corrected chi connectivity index (χ3v) is 5.97. The second-order valence-corrected chi connectivity index (χ2v) is 8.37. The van der Waals surface area contributed by atoms with Crippen molar-refractivity contribution in [3.63, 3.8) is 0 Å². The van der Waals surface area contributed by atoms with Crippen molar-refractivity contribution >= 4 is 17.6 Å². The van der Waals surface area contributed by atoms with E-state index in [1.165, 1.54) is 12.7 Å². The van der Waals surface area contributed by atoms with Gasteiger partial charge in [-0.1, -0.05) is 48.9 Å². The zero-order valence-corrected chi connectivity index (χ0v) is 18.6. The van der Waals surface area contributed by atoms with Gasteiger partial charge in [-0.05, 0) is 54.2 Å². The van der Waals surface area contributed by atoms with E-state index in [1.807, 2.05) is 31.3 Å². The summed E-state index contributed by atoms with van der Waals surface area (Å²) < 4.78 is 4.80. The third-order valence-electron chi connectivity index (χ3n) is 5.97. The highest BCUT2D eigenvalue weighted by molar-refractivity contribution is 5.96. The van der Waals surface area contributed by atoms with E-state index in [9.17, 15) is 9.59 Å². The summed E-state index contributed by atoms with van der Waals surface area (Å²) in [6.07, 6.45) is 5.24. The van der Waals surface area contributed by atoms with Gasteiger partial charge in [0.2, 0.25) is 5.91 Å². The Labute approximate surface area is 188 Å². The number of fused-ring (bicyclic) bond motifs is 4. The minimum Gasteiger partial charge on any atom is -0.469 e. The molecule has 5 heteroatoms. The van der Waals surface area contributed by atoms with Crippen LogP contribution in [0.25, 0.3) is 11.1 Å². The Morgan fingerprint density at radius 3 is 2.78 bits per heavy atom. The summed E-state index contributed by atoms with van der Waals surface area (Å²) in [6, 6.07) is 18.4. The molecule has 1 aliphatic heterocycles. The maximum Gasteiger partial charge on any atom is 0.309 e. The number of pyridine rings is 1. The molecule has 0 saturated carbocycles. The number of hydrogen-bond donors (Lipinski definition) is 1. The molecule has 3 aromatic rings. The van der Waals surface area contributed by atoms with E-state index in [4.69, 9.17) is 9.72 Å². The van der Waals surface area contributed by atoms with E-state index in [0.29, 0.717) is 6.42 Å². The van der Waals surface area contributed by atoms with Crippen LogP contribution in [0.5, 0.6) is 0 Å². The molecule has 2 aromatic carbocycles. The normalized spacial score (nSPS) is 16.2. The SMILES string of the molecule is COC(=O)Cc1ccc2c(c1)NC(=O)CCCCC(c1ccc(C)cn1)c1cccc-2c1. The fourth-order valence-electron chi connectivity index (χ4n) is 4.24. The first-order valence-electron chi connectivity index (χ1n) is 11.1. The first-order chi connectivity index (χ1) is 15.5. The number of nitrogens with one attached hydrogen (secondary N) is 1. The monoisotopic (exact) mass is 428 g/mol. The van der Waals surface area contributed by atoms with Crippen molar-refractivity contribution in [1.29, 1.82) is 0 Å². The average molecular weight is 429 g/mol. The van der Waals surface area contributed by atoms with Gasteiger partial charge in [0.05, 0.1) is 13.5 Å². The van der Waals surface area contributed by atoms with E-state index < -0.39 is 0 Å². The van der Waals surface area contributed by atoms with Crippen LogP contribution in [-0.4, -0.2) is 24.0 Å². The molecule has 164 valence electrons. The topological polar surface area (TPSA) is 68.3 Å². The average Bonchev–Trinajstić information content (AvgIpc) is 2.79. The number of anilines is 1. The van der Waals surface area contributed by atoms with Crippen LogP contribution in [0.2, 0.25) is 0 Å². The summed E-state index contributed by atoms with van der Waals surface area (Å²) in [5, 5.41) is 3.06. The predicted octanol–water partition coefficient (Wildman–Crippen LogP) is 5.42. The van der Waals surface area contributed by atoms with Crippen molar-refractivity contribution in [2.75, 3.05) is 12.4 Å². The van der Waals surface area contributed by atoms with Crippen LogP contribution in [0.4, 0.5) is 5.69 Å². The second-order valence-electron chi connectivity index (χ2n) is 8.37. The molecule has 0 fully saturated rings. The minimum atomic E-state index is -0.306. The van der Waals surface area contributed by atoms with Crippen LogP contribution in [0.15, 0.2) is 60.8 Å². The van der Waals surface area contributed by atoms with Gasteiger partial charge in [-0.3, -0.25) is 14.6 Å². The fraction of sp³-hybridized carbons (Fsp3) is 0.296. The molecule has 2 heterocycles. The summed E-state index contributed by atoms with van der Waals surface area (Å²) in [5.41, 5.74) is 6.91. The van der Waals surface area contributed by atoms with Gasteiger partial charge in [0.15, 0.2) is 0 Å². The van der Waals surface area contributed by atoms with E-state index in [2.05, 4.69) is 41.7 Å².